The predicted octanol–water partition coefficient (Wildman–Crippen LogP) is 4.10. The van der Waals surface area contributed by atoms with E-state index in [2.05, 4.69) is 20.8 Å². The second-order valence-electron chi connectivity index (χ2n) is 4.51. The SMILES string of the molecule is Fc1ccc(Br)c(F)c1CN1CCCCCC1. The molecule has 0 spiro atoms. The van der Waals surface area contributed by atoms with Crippen LogP contribution in [0.1, 0.15) is 31.2 Å². The maximum absolute atomic E-state index is 13.8. The summed E-state index contributed by atoms with van der Waals surface area (Å²) < 4.78 is 27.7. The van der Waals surface area contributed by atoms with E-state index in [-0.39, 0.29) is 5.56 Å². The first-order chi connectivity index (χ1) is 8.18. The van der Waals surface area contributed by atoms with Crippen LogP contribution in [0, 0.1) is 11.6 Å². The van der Waals surface area contributed by atoms with E-state index in [4.69, 9.17) is 0 Å². The molecule has 0 atom stereocenters. The zero-order valence-corrected chi connectivity index (χ0v) is 11.3. The maximum atomic E-state index is 13.8. The molecule has 1 saturated heterocycles. The van der Waals surface area contributed by atoms with Crippen molar-refractivity contribution < 1.29 is 8.78 Å². The van der Waals surface area contributed by atoms with Crippen LogP contribution in [0.5, 0.6) is 0 Å². The molecule has 0 bridgehead atoms. The number of halogens is 3. The quantitative estimate of drug-likeness (QED) is 0.743. The van der Waals surface area contributed by atoms with Gasteiger partial charge in [-0.15, -0.1) is 0 Å². The van der Waals surface area contributed by atoms with Gasteiger partial charge in [0.25, 0.3) is 0 Å². The molecule has 0 aromatic heterocycles. The van der Waals surface area contributed by atoms with E-state index in [0.717, 1.165) is 25.9 Å². The lowest BCUT2D eigenvalue weighted by molar-refractivity contribution is 0.268. The maximum Gasteiger partial charge on any atom is 0.144 e. The van der Waals surface area contributed by atoms with E-state index >= 15 is 0 Å². The highest BCUT2D eigenvalue weighted by atomic mass is 79.9. The largest absolute Gasteiger partial charge is 0.299 e. The van der Waals surface area contributed by atoms with Gasteiger partial charge >= 0.3 is 0 Å². The molecule has 0 N–H and O–H groups in total. The van der Waals surface area contributed by atoms with Gasteiger partial charge in [0.05, 0.1) is 4.47 Å². The molecule has 1 aliphatic heterocycles. The smallest absolute Gasteiger partial charge is 0.144 e. The molecule has 2 rings (SSSR count). The first-order valence-electron chi connectivity index (χ1n) is 6.03. The number of hydrogen-bond donors (Lipinski definition) is 0. The molecule has 0 aliphatic carbocycles. The highest BCUT2D eigenvalue weighted by Gasteiger charge is 2.16. The van der Waals surface area contributed by atoms with Gasteiger partial charge in [-0.25, -0.2) is 8.78 Å². The Labute approximate surface area is 109 Å². The summed E-state index contributed by atoms with van der Waals surface area (Å²) in [5.74, 6) is -0.913. The van der Waals surface area contributed by atoms with E-state index in [1.807, 2.05) is 0 Å². The third kappa shape index (κ3) is 3.26. The van der Waals surface area contributed by atoms with Crippen molar-refractivity contribution in [1.82, 2.24) is 4.90 Å². The van der Waals surface area contributed by atoms with Crippen molar-refractivity contribution in [2.45, 2.75) is 32.2 Å². The highest BCUT2D eigenvalue weighted by Crippen LogP contribution is 2.23. The van der Waals surface area contributed by atoms with E-state index in [0.29, 0.717) is 11.0 Å². The number of likely N-dealkylation sites (tertiary alicyclic amines) is 1. The Kier molecular flexibility index (Phi) is 4.51. The zero-order chi connectivity index (χ0) is 12.3. The van der Waals surface area contributed by atoms with E-state index in [1.165, 1.54) is 25.0 Å². The van der Waals surface area contributed by atoms with Gasteiger partial charge in [-0.1, -0.05) is 12.8 Å². The fraction of sp³-hybridized carbons (Fsp3) is 0.538. The molecule has 1 aromatic carbocycles. The second-order valence-corrected chi connectivity index (χ2v) is 5.37. The van der Waals surface area contributed by atoms with Crippen molar-refractivity contribution in [3.05, 3.63) is 33.8 Å². The summed E-state index contributed by atoms with van der Waals surface area (Å²) in [6.07, 6.45) is 4.69. The molecule has 0 saturated carbocycles. The highest BCUT2D eigenvalue weighted by molar-refractivity contribution is 9.10. The van der Waals surface area contributed by atoms with Crippen LogP contribution >= 0.6 is 15.9 Å². The number of benzene rings is 1. The molecular formula is C13H16BrF2N. The van der Waals surface area contributed by atoms with Crippen LogP contribution in [-0.2, 0) is 6.54 Å². The molecule has 0 unspecified atom stereocenters. The van der Waals surface area contributed by atoms with Gasteiger partial charge in [-0.3, -0.25) is 4.90 Å². The van der Waals surface area contributed by atoms with E-state index < -0.39 is 11.6 Å². The molecule has 0 radical (unpaired) electrons. The summed E-state index contributed by atoms with van der Waals surface area (Å²) in [5, 5.41) is 0. The summed E-state index contributed by atoms with van der Waals surface area (Å²) >= 11 is 3.10. The van der Waals surface area contributed by atoms with Gasteiger partial charge in [0.2, 0.25) is 0 Å². The molecule has 1 heterocycles. The Morgan fingerprint density at radius 1 is 1.06 bits per heavy atom. The lowest BCUT2D eigenvalue weighted by Crippen LogP contribution is -2.25. The molecule has 1 aliphatic rings. The van der Waals surface area contributed by atoms with Crippen LogP contribution in [0.3, 0.4) is 0 Å². The number of rotatable bonds is 2. The standard InChI is InChI=1S/C13H16BrF2N/c14-11-5-6-12(15)10(13(11)16)9-17-7-3-1-2-4-8-17/h5-6H,1-4,7-9H2. The molecule has 94 valence electrons. The monoisotopic (exact) mass is 303 g/mol. The average Bonchev–Trinajstić information content (AvgIpc) is 2.58. The van der Waals surface area contributed by atoms with Gasteiger partial charge in [0.1, 0.15) is 11.6 Å². The van der Waals surface area contributed by atoms with Crippen molar-refractivity contribution in [2.75, 3.05) is 13.1 Å². The molecule has 0 amide bonds. The first kappa shape index (κ1) is 13.0. The predicted molar refractivity (Wildman–Crippen MR) is 67.8 cm³/mol. The molecule has 17 heavy (non-hydrogen) atoms. The molecule has 1 aromatic rings. The fourth-order valence-electron chi connectivity index (χ4n) is 2.23. The van der Waals surface area contributed by atoms with Crippen LogP contribution in [0.15, 0.2) is 16.6 Å². The fourth-order valence-corrected chi connectivity index (χ4v) is 2.60. The molecule has 1 nitrogen and oxygen atoms in total. The summed E-state index contributed by atoms with van der Waals surface area (Å²) in [4.78, 5) is 2.14. The van der Waals surface area contributed by atoms with Crippen LogP contribution in [0.4, 0.5) is 8.78 Å². The summed E-state index contributed by atoms with van der Waals surface area (Å²) in [7, 11) is 0. The van der Waals surface area contributed by atoms with E-state index in [9.17, 15) is 8.78 Å². The lowest BCUT2D eigenvalue weighted by Gasteiger charge is -2.20. The van der Waals surface area contributed by atoms with Crippen molar-refractivity contribution in [3.63, 3.8) is 0 Å². The number of hydrogen-bond acceptors (Lipinski definition) is 1. The summed E-state index contributed by atoms with van der Waals surface area (Å²) in [5.41, 5.74) is 0.182. The summed E-state index contributed by atoms with van der Waals surface area (Å²) in [6, 6.07) is 2.73. The Balaban J connectivity index is 2.14. The lowest BCUT2D eigenvalue weighted by atomic mass is 10.2. The van der Waals surface area contributed by atoms with E-state index in [1.54, 1.807) is 0 Å². The minimum absolute atomic E-state index is 0.182. The normalized spacial score (nSPS) is 18.1. The van der Waals surface area contributed by atoms with Crippen molar-refractivity contribution in [3.8, 4) is 0 Å². The van der Waals surface area contributed by atoms with Gasteiger partial charge in [-0.2, -0.15) is 0 Å². The van der Waals surface area contributed by atoms with Gasteiger partial charge < -0.3 is 0 Å². The molecule has 1 fully saturated rings. The third-order valence-corrected chi connectivity index (χ3v) is 3.83. The Hall–Kier alpha value is -0.480. The molecular weight excluding hydrogens is 288 g/mol. The first-order valence-corrected chi connectivity index (χ1v) is 6.82. The van der Waals surface area contributed by atoms with Crippen LogP contribution in [0.25, 0.3) is 0 Å². The van der Waals surface area contributed by atoms with Gasteiger partial charge in [-0.05, 0) is 54.0 Å². The third-order valence-electron chi connectivity index (χ3n) is 3.22. The van der Waals surface area contributed by atoms with Crippen LogP contribution < -0.4 is 0 Å². The van der Waals surface area contributed by atoms with Gasteiger partial charge in [0, 0.05) is 12.1 Å². The van der Waals surface area contributed by atoms with Crippen LogP contribution in [-0.4, -0.2) is 18.0 Å². The van der Waals surface area contributed by atoms with Crippen LogP contribution in [0.2, 0.25) is 0 Å². The van der Waals surface area contributed by atoms with Crippen molar-refractivity contribution in [1.29, 1.82) is 0 Å². The minimum atomic E-state index is -0.464. The Morgan fingerprint density at radius 2 is 1.71 bits per heavy atom. The zero-order valence-electron chi connectivity index (χ0n) is 9.69. The molecule has 4 heteroatoms. The average molecular weight is 304 g/mol. The van der Waals surface area contributed by atoms with Crippen molar-refractivity contribution >= 4 is 15.9 Å². The second kappa shape index (κ2) is 5.91. The Morgan fingerprint density at radius 3 is 2.35 bits per heavy atom. The van der Waals surface area contributed by atoms with Crippen molar-refractivity contribution in [2.24, 2.45) is 0 Å². The topological polar surface area (TPSA) is 3.24 Å². The Bertz CT molecular complexity index is 387. The summed E-state index contributed by atoms with van der Waals surface area (Å²) in [6.45, 7) is 2.24. The minimum Gasteiger partial charge on any atom is -0.299 e. The van der Waals surface area contributed by atoms with Gasteiger partial charge in [0.15, 0.2) is 0 Å². The number of nitrogens with zero attached hydrogens (tertiary/aromatic N) is 1.